The number of nitrogens with zero attached hydrogens (tertiary/aromatic N) is 4. The molecule has 5 rings (SSSR count). The number of piperidine rings is 1. The third kappa shape index (κ3) is 3.86. The normalized spacial score (nSPS) is 19.3. The van der Waals surface area contributed by atoms with E-state index in [-0.39, 0.29) is 11.9 Å². The van der Waals surface area contributed by atoms with Crippen LogP contribution in [0.2, 0.25) is 0 Å². The molecule has 2 aliphatic rings. The summed E-state index contributed by atoms with van der Waals surface area (Å²) in [4.78, 5) is 12.1. The number of imidazole rings is 1. The van der Waals surface area contributed by atoms with Crippen LogP contribution >= 0.6 is 0 Å². The first-order valence-electron chi connectivity index (χ1n) is 10.7. The summed E-state index contributed by atoms with van der Waals surface area (Å²) in [6.45, 7) is 3.23. The van der Waals surface area contributed by atoms with Gasteiger partial charge >= 0.3 is 0 Å². The number of rotatable bonds is 4. The van der Waals surface area contributed by atoms with Crippen LogP contribution in [-0.2, 0) is 4.84 Å². The molecule has 3 aromatic rings. The maximum Gasteiger partial charge on any atom is 0.172 e. The van der Waals surface area contributed by atoms with Gasteiger partial charge in [0.1, 0.15) is 18.2 Å². The zero-order chi connectivity index (χ0) is 22.1. The second kappa shape index (κ2) is 8.49. The Labute approximate surface area is 186 Å². The van der Waals surface area contributed by atoms with Gasteiger partial charge < -0.3 is 19.0 Å². The van der Waals surface area contributed by atoms with Crippen LogP contribution in [0.5, 0.6) is 5.75 Å². The van der Waals surface area contributed by atoms with E-state index in [1.54, 1.807) is 25.6 Å². The van der Waals surface area contributed by atoms with E-state index in [2.05, 4.69) is 27.2 Å². The van der Waals surface area contributed by atoms with E-state index in [4.69, 9.17) is 9.57 Å². The fraction of sp³-hybridized carbons (Fsp3) is 0.280. The molecule has 0 spiro atoms. The van der Waals surface area contributed by atoms with Gasteiger partial charge in [-0.3, -0.25) is 0 Å². The highest BCUT2D eigenvalue weighted by Gasteiger charge is 2.33. The van der Waals surface area contributed by atoms with E-state index in [1.165, 1.54) is 6.07 Å². The van der Waals surface area contributed by atoms with Crippen molar-refractivity contribution < 1.29 is 14.0 Å². The summed E-state index contributed by atoms with van der Waals surface area (Å²) in [6.07, 6.45) is 7.79. The molecule has 0 bridgehead atoms. The standard InChI is InChI=1S/C25H25FN4O2/c1-17-14-29(16-27-17)22-9-8-18(12-24(22)31-2)11-20-6-4-10-30-23(15-32-28-25(20)30)19-5-3-7-21(26)13-19/h3,5,7-9,11-14,16,23H,4,6,10,15H2,1-2H3/b20-11+. The van der Waals surface area contributed by atoms with Crippen molar-refractivity contribution in [2.45, 2.75) is 25.8 Å². The predicted octanol–water partition coefficient (Wildman–Crippen LogP) is 4.89. The van der Waals surface area contributed by atoms with Crippen LogP contribution in [-0.4, -0.2) is 40.5 Å². The maximum absolute atomic E-state index is 13.8. The van der Waals surface area contributed by atoms with Gasteiger partial charge in [0.25, 0.3) is 0 Å². The van der Waals surface area contributed by atoms with Gasteiger partial charge in [-0.15, -0.1) is 0 Å². The Bertz CT molecular complexity index is 1200. The molecule has 0 saturated carbocycles. The Kier molecular flexibility index (Phi) is 5.39. The van der Waals surface area contributed by atoms with Crippen molar-refractivity contribution in [3.8, 4) is 11.4 Å². The molecule has 0 N–H and O–H groups in total. The molecule has 0 aliphatic carbocycles. The molecule has 0 amide bonds. The SMILES string of the molecule is COc1cc(/C=C2\CCCN3C2=NOCC3c2cccc(F)c2)ccc1-n1cnc(C)c1. The lowest BCUT2D eigenvalue weighted by atomic mass is 9.96. The fourth-order valence-corrected chi connectivity index (χ4v) is 4.39. The van der Waals surface area contributed by atoms with Crippen molar-refractivity contribution >= 4 is 11.9 Å². The van der Waals surface area contributed by atoms with Crippen LogP contribution in [0.15, 0.2) is 65.7 Å². The van der Waals surface area contributed by atoms with Crippen LogP contribution in [0.1, 0.15) is 35.7 Å². The summed E-state index contributed by atoms with van der Waals surface area (Å²) < 4.78 is 21.4. The maximum atomic E-state index is 13.8. The average molecular weight is 432 g/mol. The number of amidine groups is 1. The number of oxime groups is 1. The zero-order valence-corrected chi connectivity index (χ0v) is 18.2. The number of halogens is 1. The van der Waals surface area contributed by atoms with Crippen molar-refractivity contribution in [1.29, 1.82) is 0 Å². The molecular formula is C25H25FN4O2. The lowest BCUT2D eigenvalue weighted by Gasteiger charge is -2.40. The molecule has 7 heteroatoms. The van der Waals surface area contributed by atoms with Gasteiger partial charge in [0.2, 0.25) is 0 Å². The summed E-state index contributed by atoms with van der Waals surface area (Å²) in [6, 6.07) is 12.8. The first kappa shape index (κ1) is 20.3. The summed E-state index contributed by atoms with van der Waals surface area (Å²) in [5, 5.41) is 4.37. The number of fused-ring (bicyclic) bond motifs is 1. The first-order valence-corrected chi connectivity index (χ1v) is 10.7. The second-order valence-corrected chi connectivity index (χ2v) is 8.10. The smallest absolute Gasteiger partial charge is 0.172 e. The van der Waals surface area contributed by atoms with Gasteiger partial charge in [0, 0.05) is 12.7 Å². The quantitative estimate of drug-likeness (QED) is 0.589. The Morgan fingerprint density at radius 1 is 1.22 bits per heavy atom. The summed E-state index contributed by atoms with van der Waals surface area (Å²) in [5.41, 5.74) is 4.91. The minimum Gasteiger partial charge on any atom is -0.495 e. The largest absolute Gasteiger partial charge is 0.495 e. The Balaban J connectivity index is 1.46. The van der Waals surface area contributed by atoms with Crippen LogP contribution in [0.4, 0.5) is 4.39 Å². The fourth-order valence-electron chi connectivity index (χ4n) is 4.39. The molecule has 0 radical (unpaired) electrons. The molecule has 3 heterocycles. The first-order chi connectivity index (χ1) is 15.6. The van der Waals surface area contributed by atoms with Gasteiger partial charge in [0.15, 0.2) is 5.84 Å². The molecule has 164 valence electrons. The van der Waals surface area contributed by atoms with Crippen LogP contribution in [0.25, 0.3) is 11.8 Å². The third-order valence-electron chi connectivity index (χ3n) is 5.93. The Morgan fingerprint density at radius 2 is 2.12 bits per heavy atom. The van der Waals surface area contributed by atoms with Crippen LogP contribution in [0, 0.1) is 12.7 Å². The van der Waals surface area contributed by atoms with Gasteiger partial charge in [0.05, 0.1) is 30.9 Å². The van der Waals surface area contributed by atoms with E-state index < -0.39 is 0 Å². The topological polar surface area (TPSA) is 51.9 Å². The zero-order valence-electron chi connectivity index (χ0n) is 18.2. The highest BCUT2D eigenvalue weighted by Crippen LogP contribution is 2.34. The molecule has 1 saturated heterocycles. The second-order valence-electron chi connectivity index (χ2n) is 8.10. The number of ether oxygens (including phenoxy) is 1. The van der Waals surface area contributed by atoms with E-state index in [9.17, 15) is 4.39 Å². The summed E-state index contributed by atoms with van der Waals surface area (Å²) in [7, 11) is 1.67. The molecule has 2 aliphatic heterocycles. The molecule has 1 aromatic heterocycles. The van der Waals surface area contributed by atoms with Gasteiger partial charge in [-0.05, 0) is 66.8 Å². The van der Waals surface area contributed by atoms with Gasteiger partial charge in [-0.1, -0.05) is 23.4 Å². The molecule has 1 fully saturated rings. The minimum absolute atomic E-state index is 0.0525. The van der Waals surface area contributed by atoms with Crippen LogP contribution in [0.3, 0.4) is 0 Å². The lowest BCUT2D eigenvalue weighted by molar-refractivity contribution is 0.0574. The van der Waals surface area contributed by atoms with Crippen molar-refractivity contribution in [2.75, 3.05) is 20.3 Å². The minimum atomic E-state index is -0.236. The van der Waals surface area contributed by atoms with Gasteiger partial charge in [-0.2, -0.15) is 0 Å². The highest BCUT2D eigenvalue weighted by atomic mass is 19.1. The van der Waals surface area contributed by atoms with E-state index >= 15 is 0 Å². The van der Waals surface area contributed by atoms with E-state index in [0.29, 0.717) is 6.61 Å². The number of methoxy groups -OCH3 is 1. The van der Waals surface area contributed by atoms with E-state index in [1.807, 2.05) is 35.9 Å². The Morgan fingerprint density at radius 3 is 2.91 bits per heavy atom. The number of benzene rings is 2. The van der Waals surface area contributed by atoms with Crippen molar-refractivity contribution in [2.24, 2.45) is 5.16 Å². The molecule has 2 aromatic carbocycles. The number of aromatic nitrogens is 2. The molecule has 1 unspecified atom stereocenters. The third-order valence-corrected chi connectivity index (χ3v) is 5.93. The summed E-state index contributed by atoms with van der Waals surface area (Å²) >= 11 is 0. The predicted molar refractivity (Wildman–Crippen MR) is 121 cm³/mol. The lowest BCUT2D eigenvalue weighted by Crippen LogP contribution is -2.44. The monoisotopic (exact) mass is 432 g/mol. The van der Waals surface area contributed by atoms with Crippen molar-refractivity contribution in [1.82, 2.24) is 14.5 Å². The van der Waals surface area contributed by atoms with E-state index in [0.717, 1.165) is 59.1 Å². The number of hydrogen-bond donors (Lipinski definition) is 0. The molecule has 32 heavy (non-hydrogen) atoms. The Hall–Kier alpha value is -3.61. The number of hydrogen-bond acceptors (Lipinski definition) is 5. The highest BCUT2D eigenvalue weighted by molar-refractivity contribution is 6.03. The molecule has 6 nitrogen and oxygen atoms in total. The van der Waals surface area contributed by atoms with Crippen molar-refractivity contribution in [3.05, 3.63) is 83.2 Å². The van der Waals surface area contributed by atoms with Crippen LogP contribution < -0.4 is 4.74 Å². The van der Waals surface area contributed by atoms with Crippen molar-refractivity contribution in [3.63, 3.8) is 0 Å². The van der Waals surface area contributed by atoms with Gasteiger partial charge in [-0.25, -0.2) is 9.37 Å². The average Bonchev–Trinajstić information content (AvgIpc) is 3.25. The summed E-state index contributed by atoms with van der Waals surface area (Å²) in [5.74, 6) is 1.36. The number of aryl methyl sites for hydroxylation is 1. The molecular weight excluding hydrogens is 407 g/mol. The molecule has 1 atom stereocenters.